The van der Waals surface area contributed by atoms with Crippen molar-refractivity contribution in [3.05, 3.63) is 0 Å². The molecule has 0 aromatic carbocycles. The Hall–Kier alpha value is 4.68. The van der Waals surface area contributed by atoms with Crippen LogP contribution in [0.1, 0.15) is 26.0 Å². The third kappa shape index (κ3) is 44.9. The van der Waals surface area contributed by atoms with E-state index in [0.29, 0.717) is 12.3 Å². The Morgan fingerprint density at radius 2 is 1.65 bits per heavy atom. The van der Waals surface area contributed by atoms with Gasteiger partial charge >= 0.3 is 66.8 Å². The molecule has 3 radical (unpaired) electrons. The number of carbonyl (C=O) groups is 1. The van der Waals surface area contributed by atoms with Gasteiger partial charge in [0.1, 0.15) is 6.04 Å². The monoisotopic (exact) mass is 548 g/mol. The van der Waals surface area contributed by atoms with Crippen LogP contribution in [0.2, 0.25) is 0 Å². The van der Waals surface area contributed by atoms with Crippen LogP contribution in [0.15, 0.2) is 0 Å². The fourth-order valence-corrected chi connectivity index (χ4v) is 0.609. The second kappa shape index (κ2) is 37.2. The normalized spacial score (nSPS) is 7.29. The Morgan fingerprint density at radius 3 is 1.71 bits per heavy atom. The quantitative estimate of drug-likeness (QED) is 0.492. The summed E-state index contributed by atoms with van der Waals surface area (Å²) in [7, 11) is 0. The second-order valence-corrected chi connectivity index (χ2v) is 2.57. The van der Waals surface area contributed by atoms with E-state index in [0.717, 1.165) is 0 Å². The minimum atomic E-state index is -0.913. The van der Waals surface area contributed by atoms with Gasteiger partial charge in [-0.3, -0.25) is 4.79 Å². The molecule has 0 spiro atoms. The van der Waals surface area contributed by atoms with E-state index in [-0.39, 0.29) is 171 Å². The zero-order valence-electron chi connectivity index (χ0n) is 13.7. The minimum absolute atomic E-state index is 0. The molecule has 0 heterocycles. The summed E-state index contributed by atoms with van der Waals surface area (Å²) in [4.78, 5) is 10.1. The summed E-state index contributed by atoms with van der Waals surface area (Å²) in [6.07, 6.45) is 0.551. The van der Waals surface area contributed by atoms with Crippen LogP contribution >= 0.6 is 0 Å². The van der Waals surface area contributed by atoms with Crippen molar-refractivity contribution in [2.75, 3.05) is 0 Å². The Kier molecular flexibility index (Phi) is 126. The zero-order chi connectivity index (χ0) is 7.44. The summed E-state index contributed by atoms with van der Waals surface area (Å²) in [5.41, 5.74) is 5.22. The first kappa shape index (κ1) is 57.7. The van der Waals surface area contributed by atoms with E-state index < -0.39 is 12.0 Å². The molecule has 0 aromatic heterocycles. The first-order valence-corrected chi connectivity index (χ1v) is 3.02. The molecule has 0 aromatic rings. The Morgan fingerprint density at radius 1 is 1.41 bits per heavy atom. The molecule has 0 aliphatic heterocycles. The maximum absolute atomic E-state index is 10.1. The van der Waals surface area contributed by atoms with E-state index >= 15 is 0 Å². The van der Waals surface area contributed by atoms with Gasteiger partial charge in [0.2, 0.25) is 0 Å². The van der Waals surface area contributed by atoms with Crippen molar-refractivity contribution in [2.24, 2.45) is 11.7 Å². The van der Waals surface area contributed by atoms with Crippen molar-refractivity contribution >= 4 is 66.8 Å². The fraction of sp³-hybridized carbons (Fsp3) is 0.833. The third-order valence-corrected chi connectivity index (χ3v) is 1.04. The van der Waals surface area contributed by atoms with E-state index in [9.17, 15) is 4.79 Å². The van der Waals surface area contributed by atoms with Gasteiger partial charge in [-0.25, -0.2) is 0 Å². The number of rotatable bonds is 3. The van der Waals surface area contributed by atoms with Crippen LogP contribution in [0.4, 0.5) is 0 Å². The Balaban J connectivity index is -0.00000000485. The van der Waals surface area contributed by atoms with Crippen molar-refractivity contribution in [3.63, 3.8) is 0 Å². The maximum Gasteiger partial charge on any atom is 2.00 e. The van der Waals surface area contributed by atoms with Crippen molar-refractivity contribution in [3.8, 4) is 0 Å². The van der Waals surface area contributed by atoms with Crippen molar-refractivity contribution < 1.29 is 120 Å². The van der Waals surface area contributed by atoms with E-state index in [1.54, 1.807) is 0 Å². The predicted molar refractivity (Wildman–Crippen MR) is 51.0 cm³/mol. The topological polar surface area (TPSA) is 63.3 Å². The molecule has 0 unspecified atom stereocenters. The molecule has 17 heavy (non-hydrogen) atoms. The predicted octanol–water partition coefficient (Wildman–Crippen LogP) is 0.118. The van der Waals surface area contributed by atoms with Gasteiger partial charge in [0.25, 0.3) is 0 Å². The molecule has 0 saturated heterocycles. The molecule has 0 aliphatic rings. The average molecular weight is 550 g/mol. The van der Waals surface area contributed by atoms with Gasteiger partial charge in [-0.2, -0.15) is 0 Å². The molecule has 0 amide bonds. The zero-order valence-corrected chi connectivity index (χ0v) is 21.8. The first-order valence-electron chi connectivity index (χ1n) is 3.02. The molecule has 0 fully saturated rings. The summed E-state index contributed by atoms with van der Waals surface area (Å²) < 4.78 is 0. The molecule has 0 saturated carbocycles. The molecule has 105 valence electrons. The van der Waals surface area contributed by atoms with Gasteiger partial charge in [0, 0.05) is 105 Å². The molecular weight excluding hydrogens is 533 g/mol. The molecule has 1 atom stereocenters. The van der Waals surface area contributed by atoms with Crippen LogP contribution in [0.25, 0.3) is 0 Å². The summed E-state index contributed by atoms with van der Waals surface area (Å²) >= 11 is 0. The van der Waals surface area contributed by atoms with Crippen LogP contribution in [-0.2, 0) is 110 Å². The summed E-state index contributed by atoms with van der Waals surface area (Å²) in [6.45, 7) is 3.89. The molecule has 0 rings (SSSR count). The van der Waals surface area contributed by atoms with Gasteiger partial charge in [-0.05, 0) is 12.3 Å². The van der Waals surface area contributed by atoms with Gasteiger partial charge in [-0.1, -0.05) is 13.8 Å². The maximum atomic E-state index is 10.1. The molecule has 11 heteroatoms. The average Bonchev–Trinajstić information content (AvgIpc) is 1.63. The number of carboxylic acid groups (broad SMARTS) is 1. The standard InChI is InChI=1S/C6H13NO2.Ca.Co.Cr.Cu.Fe.Mg.Mn.Zn.4H/c1-4(2)3-5(7)6(8)9;;;;;;;;;;;;/h4-5H,3,7H2,1-2H3,(H,8,9);;;;;;;;;;;;/q;+2;;;;;+2;;;4*-1/t5-;;;;;;;;;;;;/m0............/s1. The van der Waals surface area contributed by atoms with E-state index in [1.807, 2.05) is 13.8 Å². The minimum Gasteiger partial charge on any atom is -1.00 e. The first-order chi connectivity index (χ1) is 4.04. The number of hydrogen-bond acceptors (Lipinski definition) is 2. The van der Waals surface area contributed by atoms with Gasteiger partial charge in [0.15, 0.2) is 0 Å². The van der Waals surface area contributed by atoms with Crippen LogP contribution < -0.4 is 5.73 Å². The Bertz CT molecular complexity index is 157. The van der Waals surface area contributed by atoms with Crippen molar-refractivity contribution in [1.82, 2.24) is 0 Å². The number of hydrogen-bond donors (Lipinski definition) is 2. The second-order valence-electron chi connectivity index (χ2n) is 2.57. The SMILES string of the molecule is CC(C)C[C@H](N)C(=O)O.[Ca+2].[Co].[Cr].[Cu].[Fe].[H-].[H-].[H-].[H-].[Mg+2].[Mn].[Zn]. The van der Waals surface area contributed by atoms with Gasteiger partial charge in [0.05, 0.1) is 0 Å². The van der Waals surface area contributed by atoms with Gasteiger partial charge in [-0.15, -0.1) is 0 Å². The molecule has 3 nitrogen and oxygen atoms in total. The van der Waals surface area contributed by atoms with Gasteiger partial charge < -0.3 is 16.5 Å². The van der Waals surface area contributed by atoms with Crippen molar-refractivity contribution in [1.29, 1.82) is 0 Å². The van der Waals surface area contributed by atoms with E-state index in [2.05, 4.69) is 0 Å². The van der Waals surface area contributed by atoms with Crippen LogP contribution in [-0.4, -0.2) is 77.9 Å². The third-order valence-electron chi connectivity index (χ3n) is 1.04. The molecule has 3 N–H and O–H groups in total. The molecule has 0 aliphatic carbocycles. The molecule has 0 bridgehead atoms. The number of aliphatic carboxylic acids is 1. The smallest absolute Gasteiger partial charge is 1.00 e. The Labute approximate surface area is 221 Å². The van der Waals surface area contributed by atoms with Crippen LogP contribution in [0, 0.1) is 5.92 Å². The largest absolute Gasteiger partial charge is 2.00 e. The number of nitrogens with two attached hydrogens (primary N) is 1. The fourth-order valence-electron chi connectivity index (χ4n) is 0.609. The molecular formula is C6H17CaCoCrCuFeMgMnNO2Zn. The van der Waals surface area contributed by atoms with Crippen LogP contribution in [0.5, 0.6) is 0 Å². The van der Waals surface area contributed by atoms with Crippen molar-refractivity contribution in [2.45, 2.75) is 26.3 Å². The summed E-state index contributed by atoms with van der Waals surface area (Å²) in [6, 6.07) is -0.690. The van der Waals surface area contributed by atoms with Crippen LogP contribution in [0.3, 0.4) is 0 Å². The number of carboxylic acids is 1. The summed E-state index contributed by atoms with van der Waals surface area (Å²) in [5.74, 6) is -0.556. The van der Waals surface area contributed by atoms with E-state index in [4.69, 9.17) is 10.8 Å². The summed E-state index contributed by atoms with van der Waals surface area (Å²) in [5, 5.41) is 8.31. The van der Waals surface area contributed by atoms with E-state index in [1.165, 1.54) is 0 Å².